The van der Waals surface area contributed by atoms with E-state index in [4.69, 9.17) is 23.2 Å². The molecule has 0 radical (unpaired) electrons. The highest BCUT2D eigenvalue weighted by atomic mass is 35.5. The van der Waals surface area contributed by atoms with Crippen molar-refractivity contribution in [3.05, 3.63) is 99.2 Å². The SMILES string of the molecule is CC(=O)c1ccc2c(c1)c(CC(=O)Nc1ccc(Cl)cc1)c(C)n2C(=O)c1ccc(Cl)cc1. The first-order valence-electron chi connectivity index (χ1n) is 10.2. The average Bonchev–Trinajstić information content (AvgIpc) is 3.06. The molecule has 0 aliphatic rings. The van der Waals surface area contributed by atoms with E-state index in [2.05, 4.69) is 5.32 Å². The van der Waals surface area contributed by atoms with E-state index >= 15 is 0 Å². The fraction of sp³-hybridized carbons (Fsp3) is 0.115. The lowest BCUT2D eigenvalue weighted by molar-refractivity contribution is -0.115. The van der Waals surface area contributed by atoms with Crippen molar-refractivity contribution >= 4 is 57.4 Å². The molecule has 0 saturated carbocycles. The van der Waals surface area contributed by atoms with Crippen LogP contribution in [0.5, 0.6) is 0 Å². The van der Waals surface area contributed by atoms with Gasteiger partial charge < -0.3 is 5.32 Å². The highest BCUT2D eigenvalue weighted by Crippen LogP contribution is 2.29. The molecule has 1 heterocycles. The number of rotatable bonds is 5. The highest BCUT2D eigenvalue weighted by molar-refractivity contribution is 6.31. The van der Waals surface area contributed by atoms with Gasteiger partial charge in [0.25, 0.3) is 5.91 Å². The third-order valence-corrected chi connectivity index (χ3v) is 6.00. The zero-order valence-electron chi connectivity index (χ0n) is 18.0. The minimum atomic E-state index is -0.244. The smallest absolute Gasteiger partial charge is 0.262 e. The summed E-state index contributed by atoms with van der Waals surface area (Å²) in [7, 11) is 0. The molecule has 5 nitrogen and oxygen atoms in total. The van der Waals surface area contributed by atoms with Crippen LogP contribution in [0.2, 0.25) is 10.0 Å². The van der Waals surface area contributed by atoms with Crippen LogP contribution in [0, 0.1) is 6.92 Å². The van der Waals surface area contributed by atoms with Crippen LogP contribution in [0.1, 0.15) is 38.9 Å². The number of nitrogens with zero attached hydrogens (tertiary/aromatic N) is 1. The largest absolute Gasteiger partial charge is 0.326 e. The van der Waals surface area contributed by atoms with Crippen molar-refractivity contribution in [3.63, 3.8) is 0 Å². The predicted molar refractivity (Wildman–Crippen MR) is 132 cm³/mol. The van der Waals surface area contributed by atoms with Crippen LogP contribution >= 0.6 is 23.2 Å². The lowest BCUT2D eigenvalue weighted by Crippen LogP contribution is -2.16. The third kappa shape index (κ3) is 4.70. The van der Waals surface area contributed by atoms with Crippen LogP contribution in [-0.4, -0.2) is 22.2 Å². The number of hydrogen-bond donors (Lipinski definition) is 1. The molecule has 0 spiro atoms. The topological polar surface area (TPSA) is 68.2 Å². The Bertz CT molecular complexity index is 1390. The number of hydrogen-bond acceptors (Lipinski definition) is 3. The molecular weight excluding hydrogens is 459 g/mol. The van der Waals surface area contributed by atoms with Gasteiger partial charge in [-0.1, -0.05) is 23.2 Å². The molecule has 4 rings (SSSR count). The predicted octanol–water partition coefficient (Wildman–Crippen LogP) is 6.33. The second-order valence-electron chi connectivity index (χ2n) is 7.73. The number of nitrogens with one attached hydrogen (secondary N) is 1. The maximum Gasteiger partial charge on any atom is 0.262 e. The number of amides is 1. The van der Waals surface area contributed by atoms with Crippen LogP contribution in [0.15, 0.2) is 66.7 Å². The van der Waals surface area contributed by atoms with Gasteiger partial charge in [-0.25, -0.2) is 0 Å². The summed E-state index contributed by atoms with van der Waals surface area (Å²) >= 11 is 11.9. The molecule has 0 fully saturated rings. The quantitative estimate of drug-likeness (QED) is 0.340. The van der Waals surface area contributed by atoms with Crippen LogP contribution in [0.25, 0.3) is 10.9 Å². The van der Waals surface area contributed by atoms with Crippen LogP contribution in [0.3, 0.4) is 0 Å². The number of aromatic nitrogens is 1. The van der Waals surface area contributed by atoms with Gasteiger partial charge in [0, 0.05) is 37.9 Å². The van der Waals surface area contributed by atoms with Crippen LogP contribution in [0.4, 0.5) is 5.69 Å². The summed E-state index contributed by atoms with van der Waals surface area (Å²) in [4.78, 5) is 38.2. The summed E-state index contributed by atoms with van der Waals surface area (Å²) in [6.07, 6.45) is 0.0349. The molecule has 33 heavy (non-hydrogen) atoms. The second kappa shape index (κ2) is 9.22. The summed E-state index contributed by atoms with van der Waals surface area (Å²) in [5.41, 5.74) is 3.54. The van der Waals surface area contributed by atoms with Gasteiger partial charge >= 0.3 is 0 Å². The molecule has 0 bridgehead atoms. The molecule has 0 unspecified atom stereocenters. The van der Waals surface area contributed by atoms with E-state index < -0.39 is 0 Å². The van der Waals surface area contributed by atoms with E-state index in [-0.39, 0.29) is 24.0 Å². The number of fused-ring (bicyclic) bond motifs is 1. The van der Waals surface area contributed by atoms with Gasteiger partial charge in [0.15, 0.2) is 5.78 Å². The molecule has 166 valence electrons. The molecule has 0 aliphatic carbocycles. The van der Waals surface area contributed by atoms with Crippen LogP contribution in [-0.2, 0) is 11.2 Å². The van der Waals surface area contributed by atoms with E-state index in [1.54, 1.807) is 78.2 Å². The van der Waals surface area contributed by atoms with E-state index in [9.17, 15) is 14.4 Å². The van der Waals surface area contributed by atoms with Crippen LogP contribution < -0.4 is 5.32 Å². The lowest BCUT2D eigenvalue weighted by atomic mass is 10.0. The van der Waals surface area contributed by atoms with Crippen molar-refractivity contribution in [3.8, 4) is 0 Å². The van der Waals surface area contributed by atoms with Gasteiger partial charge in [-0.2, -0.15) is 0 Å². The summed E-state index contributed by atoms with van der Waals surface area (Å²) in [5, 5.41) is 4.65. The van der Waals surface area contributed by atoms with E-state index in [1.807, 2.05) is 0 Å². The van der Waals surface area contributed by atoms with Gasteiger partial charge in [0.1, 0.15) is 0 Å². The number of anilines is 1. The number of carbonyl (C=O) groups is 3. The molecule has 0 saturated heterocycles. The van der Waals surface area contributed by atoms with Crippen molar-refractivity contribution in [2.24, 2.45) is 0 Å². The molecule has 1 aromatic heterocycles. The number of ketones is 1. The first kappa shape index (κ1) is 22.8. The number of benzene rings is 3. The number of carbonyl (C=O) groups excluding carboxylic acids is 3. The maximum absolute atomic E-state index is 13.4. The fourth-order valence-corrected chi connectivity index (χ4v) is 4.06. The van der Waals surface area contributed by atoms with Crippen molar-refractivity contribution < 1.29 is 14.4 Å². The Morgan fingerprint density at radius 2 is 1.42 bits per heavy atom. The Balaban J connectivity index is 1.78. The standard InChI is InChI=1S/C26H20Cl2N2O3/c1-15-22(14-25(32)29-21-10-8-20(28)9-11-21)23-13-18(16(2)31)5-12-24(23)30(15)26(33)17-3-6-19(27)7-4-17/h3-13H,14H2,1-2H3,(H,29,32). The van der Waals surface area contributed by atoms with Gasteiger partial charge in [0.05, 0.1) is 11.9 Å². The number of halogens is 2. The molecular formula is C26H20Cl2N2O3. The third-order valence-electron chi connectivity index (χ3n) is 5.50. The maximum atomic E-state index is 13.4. The zero-order chi connectivity index (χ0) is 23.7. The fourth-order valence-electron chi connectivity index (χ4n) is 3.81. The van der Waals surface area contributed by atoms with Crippen molar-refractivity contribution in [1.29, 1.82) is 0 Å². The zero-order valence-corrected chi connectivity index (χ0v) is 19.5. The van der Waals surface area contributed by atoms with Crippen molar-refractivity contribution in [2.75, 3.05) is 5.32 Å². The monoisotopic (exact) mass is 478 g/mol. The summed E-state index contributed by atoms with van der Waals surface area (Å²) in [5.74, 6) is -0.580. The van der Waals surface area contributed by atoms with Gasteiger partial charge in [0.2, 0.25) is 5.91 Å². The van der Waals surface area contributed by atoms with Gasteiger partial charge in [-0.3, -0.25) is 19.0 Å². The van der Waals surface area contributed by atoms with Gasteiger partial charge in [-0.05, 0) is 86.1 Å². The molecule has 1 N–H and O–H groups in total. The molecule has 4 aromatic rings. The first-order valence-corrected chi connectivity index (χ1v) is 11.0. The Labute approximate surface area is 200 Å². The summed E-state index contributed by atoms with van der Waals surface area (Å²) in [6.45, 7) is 3.28. The van der Waals surface area contributed by atoms with Gasteiger partial charge in [-0.15, -0.1) is 0 Å². The minimum Gasteiger partial charge on any atom is -0.326 e. The molecule has 0 aliphatic heterocycles. The highest BCUT2D eigenvalue weighted by Gasteiger charge is 2.22. The minimum absolute atomic E-state index is 0.0349. The Kier molecular flexibility index (Phi) is 6.36. The number of Topliss-reactive ketones (excluding diaryl/α,β-unsaturated/α-hetero) is 1. The summed E-state index contributed by atoms with van der Waals surface area (Å²) < 4.78 is 1.58. The average molecular weight is 479 g/mol. The molecule has 1 amide bonds. The molecule has 7 heteroatoms. The lowest BCUT2D eigenvalue weighted by Gasteiger charge is -2.08. The van der Waals surface area contributed by atoms with Crippen molar-refractivity contribution in [1.82, 2.24) is 4.57 Å². The Hall–Kier alpha value is -3.41. The van der Waals surface area contributed by atoms with E-state index in [1.165, 1.54) is 6.92 Å². The van der Waals surface area contributed by atoms with E-state index in [0.29, 0.717) is 49.0 Å². The Morgan fingerprint density at radius 3 is 2.03 bits per heavy atom. The normalized spacial score (nSPS) is 10.9. The molecule has 3 aromatic carbocycles. The Morgan fingerprint density at radius 1 is 0.848 bits per heavy atom. The van der Waals surface area contributed by atoms with E-state index in [0.717, 1.165) is 0 Å². The first-order chi connectivity index (χ1) is 15.7. The molecule has 0 atom stereocenters. The second-order valence-corrected chi connectivity index (χ2v) is 8.60. The van der Waals surface area contributed by atoms with Crippen molar-refractivity contribution in [2.45, 2.75) is 20.3 Å². The summed E-state index contributed by atoms with van der Waals surface area (Å²) in [6, 6.07) is 18.6.